The molecule has 1 aliphatic rings. The van der Waals surface area contributed by atoms with Crippen molar-refractivity contribution >= 4 is 72.3 Å². The molecule has 53 heavy (non-hydrogen) atoms. The van der Waals surface area contributed by atoms with Gasteiger partial charge in [0.05, 0.1) is 0 Å². The molecule has 0 saturated carbocycles. The number of unbranched alkanes of at least 4 members (excludes halogenated alkanes) is 3. The summed E-state index contributed by atoms with van der Waals surface area (Å²) < 4.78 is 0. The van der Waals surface area contributed by atoms with Gasteiger partial charge in [0, 0.05) is 0 Å². The molecular weight excluding hydrogens is 653 g/mol. The summed E-state index contributed by atoms with van der Waals surface area (Å²) in [6, 6.07) is 58.1. The minimum Gasteiger partial charge on any atom is -0.0654 e. The molecule has 1 heterocycles. The van der Waals surface area contributed by atoms with Crippen molar-refractivity contribution in [3.05, 3.63) is 157 Å². The first-order chi connectivity index (χ1) is 26.0. The maximum atomic E-state index is 2.59. The van der Waals surface area contributed by atoms with E-state index in [0.29, 0.717) is 0 Å². The van der Waals surface area contributed by atoms with Crippen molar-refractivity contribution in [1.29, 1.82) is 0 Å². The standard InChI is InChI=1S/C52H44Si/c1-4-5-6-7-14-34-21-25-43-46(29-34)47-31-38(24-26-44(47)49-33-52-50(32-48(43)49)45-19-12-13-20-51(45)53(52,2)3)40-28-27-39(41-17-10-11-18-42(40)41)37-23-22-35-15-8-9-16-36(35)30-37/h8-13,15-33H,4-7,14H2,1-3H3. The van der Waals surface area contributed by atoms with Crippen LogP contribution in [0.15, 0.2) is 152 Å². The molecule has 1 aliphatic heterocycles. The minimum absolute atomic E-state index is 1.13. The molecule has 1 heteroatoms. The van der Waals surface area contributed by atoms with Gasteiger partial charge in [-0.25, -0.2) is 0 Å². The zero-order valence-corrected chi connectivity index (χ0v) is 32.0. The van der Waals surface area contributed by atoms with Gasteiger partial charge in [-0.3, -0.25) is 0 Å². The van der Waals surface area contributed by atoms with E-state index in [-0.39, 0.29) is 0 Å². The lowest BCUT2D eigenvalue weighted by atomic mass is 9.87. The highest BCUT2D eigenvalue weighted by atomic mass is 28.3. The van der Waals surface area contributed by atoms with Gasteiger partial charge in [0.2, 0.25) is 0 Å². The molecule has 0 radical (unpaired) electrons. The Balaban J connectivity index is 1.19. The van der Waals surface area contributed by atoms with Gasteiger partial charge in [-0.1, -0.05) is 173 Å². The van der Waals surface area contributed by atoms with Crippen LogP contribution in [-0.2, 0) is 6.42 Å². The van der Waals surface area contributed by atoms with E-state index in [1.165, 1.54) is 118 Å². The highest BCUT2D eigenvalue weighted by Gasteiger charge is 2.37. The van der Waals surface area contributed by atoms with Crippen LogP contribution in [0, 0.1) is 0 Å². The molecule has 0 bridgehead atoms. The summed E-state index contributed by atoms with van der Waals surface area (Å²) >= 11 is 0. The van der Waals surface area contributed by atoms with Crippen LogP contribution in [0.3, 0.4) is 0 Å². The van der Waals surface area contributed by atoms with Gasteiger partial charge >= 0.3 is 0 Å². The lowest BCUT2D eigenvalue weighted by molar-refractivity contribution is 0.667. The third kappa shape index (κ3) is 5.17. The molecular formula is C52H44Si. The van der Waals surface area contributed by atoms with Crippen molar-refractivity contribution in [2.45, 2.75) is 52.1 Å². The van der Waals surface area contributed by atoms with Crippen molar-refractivity contribution in [2.24, 2.45) is 0 Å². The molecule has 0 atom stereocenters. The molecule has 9 aromatic rings. The zero-order valence-electron chi connectivity index (χ0n) is 31.0. The van der Waals surface area contributed by atoms with Crippen LogP contribution >= 0.6 is 0 Å². The summed E-state index contributed by atoms with van der Waals surface area (Å²) in [6.07, 6.45) is 6.25. The number of hydrogen-bond donors (Lipinski definition) is 0. The zero-order chi connectivity index (χ0) is 35.7. The van der Waals surface area contributed by atoms with Crippen LogP contribution in [-0.4, -0.2) is 8.07 Å². The Morgan fingerprint density at radius 3 is 1.79 bits per heavy atom. The van der Waals surface area contributed by atoms with E-state index in [1.54, 1.807) is 10.4 Å². The second kappa shape index (κ2) is 12.6. The van der Waals surface area contributed by atoms with Crippen LogP contribution in [0.2, 0.25) is 13.1 Å². The summed E-state index contributed by atoms with van der Waals surface area (Å²) in [7, 11) is -1.83. The third-order valence-corrected chi connectivity index (χ3v) is 15.9. The second-order valence-electron chi connectivity index (χ2n) is 15.8. The predicted molar refractivity (Wildman–Crippen MR) is 235 cm³/mol. The Hall–Kier alpha value is -5.50. The molecule has 0 fully saturated rings. The Labute approximate surface area is 313 Å². The topological polar surface area (TPSA) is 0 Å². The van der Waals surface area contributed by atoms with Crippen molar-refractivity contribution in [3.63, 3.8) is 0 Å². The average Bonchev–Trinajstić information content (AvgIpc) is 3.43. The Morgan fingerprint density at radius 1 is 0.377 bits per heavy atom. The molecule has 0 amide bonds. The minimum atomic E-state index is -1.83. The SMILES string of the molecule is CCCCCCc1ccc2c(c1)c1cc(-c3ccc(-c4ccc5ccccc5c4)c4ccccc34)ccc1c1cc3c(cc21)-c1ccccc1[Si]3(C)C. The highest BCUT2D eigenvalue weighted by molar-refractivity contribution is 7.04. The summed E-state index contributed by atoms with van der Waals surface area (Å²) in [5, 5.41) is 16.5. The second-order valence-corrected chi connectivity index (χ2v) is 20.2. The fourth-order valence-corrected chi connectivity index (χ4v) is 12.6. The smallest absolute Gasteiger partial charge is 0.0654 e. The number of rotatable bonds is 7. The van der Waals surface area contributed by atoms with E-state index in [4.69, 9.17) is 0 Å². The lowest BCUT2D eigenvalue weighted by Gasteiger charge is -2.20. The molecule has 0 nitrogen and oxygen atoms in total. The molecule has 0 spiro atoms. The maximum Gasteiger partial charge on any atom is 0.113 e. The highest BCUT2D eigenvalue weighted by Crippen LogP contribution is 2.43. The summed E-state index contributed by atoms with van der Waals surface area (Å²) in [6.45, 7) is 7.36. The van der Waals surface area contributed by atoms with Crippen molar-refractivity contribution in [3.8, 4) is 33.4 Å². The number of aryl methyl sites for hydroxylation is 1. The van der Waals surface area contributed by atoms with Gasteiger partial charge in [-0.2, -0.15) is 0 Å². The molecule has 0 aromatic heterocycles. The van der Waals surface area contributed by atoms with E-state index in [9.17, 15) is 0 Å². The molecule has 0 N–H and O–H groups in total. The monoisotopic (exact) mass is 696 g/mol. The van der Waals surface area contributed by atoms with Crippen LogP contribution in [0.25, 0.3) is 87.2 Å². The van der Waals surface area contributed by atoms with Gasteiger partial charge in [-0.05, 0) is 134 Å². The first-order valence-corrected chi connectivity index (χ1v) is 22.6. The van der Waals surface area contributed by atoms with Crippen LogP contribution in [0.1, 0.15) is 38.2 Å². The normalized spacial score (nSPS) is 13.3. The van der Waals surface area contributed by atoms with Gasteiger partial charge in [-0.15, -0.1) is 0 Å². The van der Waals surface area contributed by atoms with E-state index in [2.05, 4.69) is 172 Å². The number of hydrogen-bond acceptors (Lipinski definition) is 0. The van der Waals surface area contributed by atoms with Gasteiger partial charge in [0.15, 0.2) is 0 Å². The predicted octanol–water partition coefficient (Wildman–Crippen LogP) is 13.7. The molecule has 256 valence electrons. The van der Waals surface area contributed by atoms with E-state index >= 15 is 0 Å². The molecule has 0 saturated heterocycles. The molecule has 0 aliphatic carbocycles. The van der Waals surface area contributed by atoms with Crippen molar-refractivity contribution in [2.75, 3.05) is 0 Å². The van der Waals surface area contributed by atoms with E-state index in [1.807, 2.05) is 0 Å². The largest absolute Gasteiger partial charge is 0.113 e. The molecule has 10 rings (SSSR count). The summed E-state index contributed by atoms with van der Waals surface area (Å²) in [4.78, 5) is 0. The van der Waals surface area contributed by atoms with E-state index < -0.39 is 8.07 Å². The quantitative estimate of drug-likeness (QED) is 0.0884. The Bertz CT molecular complexity index is 2910. The number of fused-ring (bicyclic) bond motifs is 11. The van der Waals surface area contributed by atoms with Crippen molar-refractivity contribution in [1.82, 2.24) is 0 Å². The summed E-state index contributed by atoms with van der Waals surface area (Å²) in [5.74, 6) is 0. The van der Waals surface area contributed by atoms with Crippen LogP contribution in [0.4, 0.5) is 0 Å². The van der Waals surface area contributed by atoms with Gasteiger partial charge < -0.3 is 0 Å². The number of benzene rings is 9. The third-order valence-electron chi connectivity index (χ3n) is 12.3. The van der Waals surface area contributed by atoms with Crippen LogP contribution in [0.5, 0.6) is 0 Å². The van der Waals surface area contributed by atoms with Crippen LogP contribution < -0.4 is 10.4 Å². The molecule has 0 unspecified atom stereocenters. The fraction of sp³-hybridized carbons (Fsp3) is 0.154. The lowest BCUT2D eigenvalue weighted by Crippen LogP contribution is -2.49. The van der Waals surface area contributed by atoms with E-state index in [0.717, 1.165) is 6.42 Å². The first kappa shape index (κ1) is 32.2. The van der Waals surface area contributed by atoms with Gasteiger partial charge in [0.1, 0.15) is 8.07 Å². The maximum absolute atomic E-state index is 2.59. The summed E-state index contributed by atoms with van der Waals surface area (Å²) in [5.41, 5.74) is 9.44. The first-order valence-electron chi connectivity index (χ1n) is 19.6. The van der Waals surface area contributed by atoms with Crippen molar-refractivity contribution < 1.29 is 0 Å². The average molecular weight is 697 g/mol. The fourth-order valence-electron chi connectivity index (χ4n) is 9.48. The Kier molecular flexibility index (Phi) is 7.63. The Morgan fingerprint density at radius 2 is 1.00 bits per heavy atom. The molecule has 9 aromatic carbocycles. The van der Waals surface area contributed by atoms with Gasteiger partial charge in [0.25, 0.3) is 0 Å².